The highest BCUT2D eigenvalue weighted by Gasteiger charge is 2.19. The summed E-state index contributed by atoms with van der Waals surface area (Å²) in [7, 11) is 0. The summed E-state index contributed by atoms with van der Waals surface area (Å²) in [4.78, 5) is 0. The lowest BCUT2D eigenvalue weighted by Gasteiger charge is -2.12. The van der Waals surface area contributed by atoms with Gasteiger partial charge in [-0.1, -0.05) is 35.9 Å². The molecule has 21 heavy (non-hydrogen) atoms. The summed E-state index contributed by atoms with van der Waals surface area (Å²) in [6.45, 7) is 3.02. The standard InChI is InChI=1S/C19H16FN/c1-12-2-4-13(5-3-12)17-10-14-6-7-15(20)11-18(14)19-16(17)8-9-21-19/h2-7,10-11,21H,8-9H2,1H3. The van der Waals surface area contributed by atoms with Gasteiger partial charge in [-0.15, -0.1) is 0 Å². The molecule has 1 aliphatic rings. The van der Waals surface area contributed by atoms with Gasteiger partial charge in [0.15, 0.2) is 0 Å². The zero-order valence-electron chi connectivity index (χ0n) is 11.9. The van der Waals surface area contributed by atoms with E-state index in [0.29, 0.717) is 0 Å². The van der Waals surface area contributed by atoms with Crippen molar-refractivity contribution in [1.82, 2.24) is 0 Å². The van der Waals surface area contributed by atoms with E-state index < -0.39 is 0 Å². The van der Waals surface area contributed by atoms with Gasteiger partial charge >= 0.3 is 0 Å². The zero-order valence-corrected chi connectivity index (χ0v) is 11.9. The quantitative estimate of drug-likeness (QED) is 0.665. The SMILES string of the molecule is Cc1ccc(-c2cc3ccc(F)cc3c3c2CCN3)cc1. The first kappa shape index (κ1) is 12.4. The molecule has 0 spiro atoms. The van der Waals surface area contributed by atoms with Crippen LogP contribution < -0.4 is 5.32 Å². The van der Waals surface area contributed by atoms with Crippen molar-refractivity contribution in [2.24, 2.45) is 0 Å². The maximum absolute atomic E-state index is 13.5. The average molecular weight is 277 g/mol. The fourth-order valence-corrected chi connectivity index (χ4v) is 3.18. The molecular weight excluding hydrogens is 261 g/mol. The number of benzene rings is 3. The number of aryl methyl sites for hydroxylation is 1. The summed E-state index contributed by atoms with van der Waals surface area (Å²) in [5, 5.41) is 5.49. The van der Waals surface area contributed by atoms with Crippen LogP contribution in [0.15, 0.2) is 48.5 Å². The Morgan fingerprint density at radius 1 is 1.00 bits per heavy atom. The van der Waals surface area contributed by atoms with Crippen molar-refractivity contribution in [2.45, 2.75) is 13.3 Å². The third-order valence-corrected chi connectivity index (χ3v) is 4.25. The molecule has 0 radical (unpaired) electrons. The molecule has 0 fully saturated rings. The molecule has 3 aromatic carbocycles. The second kappa shape index (κ2) is 4.59. The first-order valence-corrected chi connectivity index (χ1v) is 7.28. The topological polar surface area (TPSA) is 12.0 Å². The number of nitrogens with one attached hydrogen (secondary N) is 1. The van der Waals surface area contributed by atoms with Crippen molar-refractivity contribution in [3.63, 3.8) is 0 Å². The molecule has 104 valence electrons. The molecule has 0 bridgehead atoms. The van der Waals surface area contributed by atoms with Crippen molar-refractivity contribution in [3.8, 4) is 11.1 Å². The third-order valence-electron chi connectivity index (χ3n) is 4.25. The van der Waals surface area contributed by atoms with Crippen molar-refractivity contribution in [1.29, 1.82) is 0 Å². The zero-order chi connectivity index (χ0) is 14.4. The van der Waals surface area contributed by atoms with Gasteiger partial charge < -0.3 is 5.32 Å². The first-order valence-electron chi connectivity index (χ1n) is 7.28. The smallest absolute Gasteiger partial charge is 0.123 e. The predicted octanol–water partition coefficient (Wildman–Crippen LogP) is 4.92. The fraction of sp³-hybridized carbons (Fsp3) is 0.158. The van der Waals surface area contributed by atoms with Crippen molar-refractivity contribution < 1.29 is 4.39 Å². The molecule has 1 aliphatic heterocycles. The maximum Gasteiger partial charge on any atom is 0.123 e. The number of fused-ring (bicyclic) bond motifs is 3. The van der Waals surface area contributed by atoms with E-state index in [2.05, 4.69) is 42.6 Å². The second-order valence-corrected chi connectivity index (χ2v) is 5.69. The highest BCUT2D eigenvalue weighted by Crippen LogP contribution is 2.39. The van der Waals surface area contributed by atoms with Crippen LogP contribution in [0.5, 0.6) is 0 Å². The number of anilines is 1. The summed E-state index contributed by atoms with van der Waals surface area (Å²) in [6.07, 6.45) is 0.991. The molecule has 4 rings (SSSR count). The van der Waals surface area contributed by atoms with Gasteiger partial charge in [-0.3, -0.25) is 0 Å². The molecule has 0 saturated carbocycles. The molecule has 0 saturated heterocycles. The monoisotopic (exact) mass is 277 g/mol. The molecule has 1 N–H and O–H groups in total. The van der Waals surface area contributed by atoms with Gasteiger partial charge in [0, 0.05) is 17.6 Å². The molecule has 3 aromatic rings. The van der Waals surface area contributed by atoms with Crippen LogP contribution in [-0.4, -0.2) is 6.54 Å². The maximum atomic E-state index is 13.5. The predicted molar refractivity (Wildman–Crippen MR) is 86.3 cm³/mol. The van der Waals surface area contributed by atoms with Gasteiger partial charge in [0.25, 0.3) is 0 Å². The van der Waals surface area contributed by atoms with E-state index in [-0.39, 0.29) is 5.82 Å². The summed E-state index contributed by atoms with van der Waals surface area (Å²) < 4.78 is 13.5. The van der Waals surface area contributed by atoms with Gasteiger partial charge in [0.05, 0.1) is 0 Å². The molecule has 0 unspecified atom stereocenters. The van der Waals surface area contributed by atoms with Gasteiger partial charge in [-0.05, 0) is 53.6 Å². The van der Waals surface area contributed by atoms with Crippen LogP contribution >= 0.6 is 0 Å². The number of hydrogen-bond donors (Lipinski definition) is 1. The highest BCUT2D eigenvalue weighted by molar-refractivity contribution is 6.01. The van der Waals surface area contributed by atoms with Crippen molar-refractivity contribution >= 4 is 16.5 Å². The van der Waals surface area contributed by atoms with Crippen LogP contribution in [0.3, 0.4) is 0 Å². The van der Waals surface area contributed by atoms with E-state index in [4.69, 9.17) is 0 Å². The summed E-state index contributed by atoms with van der Waals surface area (Å²) in [6, 6.07) is 15.8. The molecule has 0 atom stereocenters. The Balaban J connectivity index is 2.02. The molecule has 0 aliphatic carbocycles. The van der Waals surface area contributed by atoms with E-state index in [9.17, 15) is 4.39 Å². The summed E-state index contributed by atoms with van der Waals surface area (Å²) >= 11 is 0. The Hall–Kier alpha value is -2.35. The van der Waals surface area contributed by atoms with E-state index >= 15 is 0 Å². The molecule has 1 nitrogen and oxygen atoms in total. The normalized spacial score (nSPS) is 13.2. The lowest BCUT2D eigenvalue weighted by molar-refractivity contribution is 0.630. The van der Waals surface area contributed by atoms with Crippen LogP contribution in [0.2, 0.25) is 0 Å². The lowest BCUT2D eigenvalue weighted by Crippen LogP contribution is -1.92. The number of halogens is 1. The van der Waals surface area contributed by atoms with Gasteiger partial charge in [-0.2, -0.15) is 0 Å². The van der Waals surface area contributed by atoms with Gasteiger partial charge in [-0.25, -0.2) is 4.39 Å². The minimum Gasteiger partial charge on any atom is -0.384 e. The average Bonchev–Trinajstić information content (AvgIpc) is 2.97. The van der Waals surface area contributed by atoms with Crippen molar-refractivity contribution in [2.75, 3.05) is 11.9 Å². The Kier molecular flexibility index (Phi) is 2.71. The molecule has 0 amide bonds. The minimum atomic E-state index is -0.179. The van der Waals surface area contributed by atoms with Crippen LogP contribution in [0.1, 0.15) is 11.1 Å². The number of hydrogen-bond acceptors (Lipinski definition) is 1. The van der Waals surface area contributed by atoms with E-state index in [1.807, 2.05) is 6.07 Å². The molecule has 2 heteroatoms. The van der Waals surface area contributed by atoms with Crippen LogP contribution in [-0.2, 0) is 6.42 Å². The Bertz CT molecular complexity index is 834. The Morgan fingerprint density at radius 2 is 1.81 bits per heavy atom. The lowest BCUT2D eigenvalue weighted by atomic mass is 9.93. The fourth-order valence-electron chi connectivity index (χ4n) is 3.18. The molecule has 1 heterocycles. The first-order chi connectivity index (χ1) is 10.2. The summed E-state index contributed by atoms with van der Waals surface area (Å²) in [5.74, 6) is -0.179. The van der Waals surface area contributed by atoms with E-state index in [1.54, 1.807) is 6.07 Å². The highest BCUT2D eigenvalue weighted by atomic mass is 19.1. The summed E-state index contributed by atoms with van der Waals surface area (Å²) in [5.41, 5.74) is 6.15. The Labute approximate surface area is 123 Å². The largest absolute Gasteiger partial charge is 0.384 e. The van der Waals surface area contributed by atoms with Crippen LogP contribution in [0.4, 0.5) is 10.1 Å². The third kappa shape index (κ3) is 1.99. The Morgan fingerprint density at radius 3 is 2.62 bits per heavy atom. The van der Waals surface area contributed by atoms with Crippen molar-refractivity contribution in [3.05, 3.63) is 65.5 Å². The molecular formula is C19H16FN. The van der Waals surface area contributed by atoms with E-state index in [1.165, 1.54) is 28.3 Å². The molecule has 0 aromatic heterocycles. The van der Waals surface area contributed by atoms with Crippen LogP contribution in [0, 0.1) is 12.7 Å². The van der Waals surface area contributed by atoms with Crippen LogP contribution in [0.25, 0.3) is 21.9 Å². The van der Waals surface area contributed by atoms with Gasteiger partial charge in [0.1, 0.15) is 5.82 Å². The minimum absolute atomic E-state index is 0.179. The second-order valence-electron chi connectivity index (χ2n) is 5.69. The van der Waals surface area contributed by atoms with Gasteiger partial charge in [0.2, 0.25) is 0 Å². The number of rotatable bonds is 1. The van der Waals surface area contributed by atoms with E-state index in [0.717, 1.165) is 29.4 Å².